The molecule has 2 atom stereocenters. The van der Waals surface area contributed by atoms with Crippen LogP contribution in [0, 0.1) is 5.92 Å². The van der Waals surface area contributed by atoms with E-state index in [2.05, 4.69) is 21.8 Å². The average molecular weight is 657 g/mol. The highest BCUT2D eigenvalue weighted by atomic mass is 35.5. The number of unbranched alkanes of at least 4 members (excludes halogenated alkanes) is 8. The van der Waals surface area contributed by atoms with Gasteiger partial charge in [0.2, 0.25) is 11.9 Å². The van der Waals surface area contributed by atoms with Gasteiger partial charge < -0.3 is 24.6 Å². The molecule has 2 aromatic rings. The first-order valence-electron chi connectivity index (χ1n) is 16.3. The van der Waals surface area contributed by atoms with Crippen molar-refractivity contribution in [3.8, 4) is 5.75 Å². The first-order valence-corrected chi connectivity index (χ1v) is 16.3. The van der Waals surface area contributed by atoms with Crippen LogP contribution in [-0.4, -0.2) is 57.3 Å². The van der Waals surface area contributed by atoms with Gasteiger partial charge in [0, 0.05) is 25.7 Å². The summed E-state index contributed by atoms with van der Waals surface area (Å²) in [6.07, 6.45) is 8.58. The molecule has 2 N–H and O–H groups in total. The number of carboxylic acids is 1. The van der Waals surface area contributed by atoms with E-state index in [0.29, 0.717) is 42.7 Å². The van der Waals surface area contributed by atoms with Crippen molar-refractivity contribution in [1.82, 2.24) is 14.5 Å². The summed E-state index contributed by atoms with van der Waals surface area (Å²) in [6, 6.07) is 4.49. The second-order valence-corrected chi connectivity index (χ2v) is 12.2. The van der Waals surface area contributed by atoms with Crippen LogP contribution in [0.4, 0.5) is 19.1 Å². The zero-order valence-electron chi connectivity index (χ0n) is 26.2. The maximum absolute atomic E-state index is 13.8. The van der Waals surface area contributed by atoms with Crippen LogP contribution >= 0.6 is 12.4 Å². The number of carbonyl (C=O) groups excluding carboxylic acids is 1. The third-order valence-electron chi connectivity index (χ3n) is 8.62. The number of carbonyl (C=O) groups is 2. The van der Waals surface area contributed by atoms with E-state index in [-0.39, 0.29) is 18.8 Å². The zero-order chi connectivity index (χ0) is 31.5. The second-order valence-electron chi connectivity index (χ2n) is 12.2. The fourth-order valence-electron chi connectivity index (χ4n) is 6.40. The molecule has 0 bridgehead atoms. The Kier molecular flexibility index (Phi) is 14.3. The molecule has 2 aliphatic heterocycles. The maximum Gasteiger partial charge on any atom is 0.406 e. The summed E-state index contributed by atoms with van der Waals surface area (Å²) in [4.78, 5) is 30.6. The number of nitrogens with zero attached hydrogens (tertiary/aromatic N) is 3. The topological polar surface area (TPSA) is 96.7 Å². The lowest BCUT2D eigenvalue weighted by Crippen LogP contribution is -2.44. The molecule has 252 valence electrons. The second kappa shape index (κ2) is 17.7. The molecular weight excluding hydrogens is 609 g/mol. The molecule has 0 spiro atoms. The SMILES string of the molecule is CCCCCCCCCCCC1c2cc(OCCc3cn4c(n3)NCCC4)ccc2C[C@@H](CC(=O)O)C(=O)N1CC(F)(F)F.Cl. The number of alkyl halides is 3. The van der Waals surface area contributed by atoms with Gasteiger partial charge in [-0.3, -0.25) is 9.59 Å². The first-order chi connectivity index (χ1) is 21.1. The lowest BCUT2D eigenvalue weighted by atomic mass is 9.91. The van der Waals surface area contributed by atoms with E-state index < -0.39 is 43.0 Å². The highest BCUT2D eigenvalue weighted by molar-refractivity contribution is 5.85. The predicted molar refractivity (Wildman–Crippen MR) is 170 cm³/mol. The van der Waals surface area contributed by atoms with E-state index in [4.69, 9.17) is 4.74 Å². The number of anilines is 1. The molecule has 1 aromatic heterocycles. The van der Waals surface area contributed by atoms with Crippen LogP contribution < -0.4 is 10.1 Å². The van der Waals surface area contributed by atoms with Crippen molar-refractivity contribution in [3.63, 3.8) is 0 Å². The monoisotopic (exact) mass is 656 g/mol. The summed E-state index contributed by atoms with van der Waals surface area (Å²) in [5, 5.41) is 12.7. The Bertz CT molecular complexity index is 1220. The van der Waals surface area contributed by atoms with Crippen LogP contribution in [0.2, 0.25) is 0 Å². The number of nitrogens with one attached hydrogen (secondary N) is 1. The van der Waals surface area contributed by atoms with Gasteiger partial charge in [0.05, 0.1) is 30.7 Å². The van der Waals surface area contributed by atoms with Crippen LogP contribution in [0.5, 0.6) is 5.75 Å². The Hall–Kier alpha value is -2.95. The van der Waals surface area contributed by atoms with Gasteiger partial charge in [0.1, 0.15) is 12.3 Å². The van der Waals surface area contributed by atoms with Crippen LogP contribution in [0.15, 0.2) is 24.4 Å². The molecule has 45 heavy (non-hydrogen) atoms. The van der Waals surface area contributed by atoms with Crippen molar-refractivity contribution in [1.29, 1.82) is 0 Å². The number of halogens is 4. The number of aryl methyl sites for hydroxylation is 1. The van der Waals surface area contributed by atoms with E-state index >= 15 is 0 Å². The molecule has 0 saturated heterocycles. The van der Waals surface area contributed by atoms with Gasteiger partial charge in [-0.25, -0.2) is 4.98 Å². The normalized spacial score (nSPS) is 18.0. The summed E-state index contributed by atoms with van der Waals surface area (Å²) in [5.41, 5.74) is 2.22. The number of carboxylic acid groups (broad SMARTS) is 1. The van der Waals surface area contributed by atoms with Gasteiger partial charge in [0.15, 0.2) is 0 Å². The van der Waals surface area contributed by atoms with Gasteiger partial charge in [0.25, 0.3) is 0 Å². The molecule has 3 heterocycles. The molecular formula is C33H48ClF3N4O4. The molecule has 4 rings (SSSR count). The quantitative estimate of drug-likeness (QED) is 0.169. The van der Waals surface area contributed by atoms with Crippen molar-refractivity contribution >= 4 is 30.2 Å². The smallest absolute Gasteiger partial charge is 0.406 e. The van der Waals surface area contributed by atoms with Crippen molar-refractivity contribution < 1.29 is 32.6 Å². The summed E-state index contributed by atoms with van der Waals surface area (Å²) >= 11 is 0. The van der Waals surface area contributed by atoms with Gasteiger partial charge >= 0.3 is 12.1 Å². The fraction of sp³-hybridized carbons (Fsp3) is 0.667. The summed E-state index contributed by atoms with van der Waals surface area (Å²) in [7, 11) is 0. The molecule has 1 unspecified atom stereocenters. The number of aliphatic carboxylic acids is 1. The van der Waals surface area contributed by atoms with Crippen LogP contribution in [0.1, 0.15) is 107 Å². The van der Waals surface area contributed by atoms with Gasteiger partial charge in [-0.15, -0.1) is 12.4 Å². The number of aromatic nitrogens is 2. The number of ether oxygens (including phenoxy) is 1. The minimum Gasteiger partial charge on any atom is -0.493 e. The van der Waals surface area contributed by atoms with E-state index in [0.717, 1.165) is 61.7 Å². The van der Waals surface area contributed by atoms with E-state index in [9.17, 15) is 27.9 Å². The van der Waals surface area contributed by atoms with Crippen LogP contribution in [-0.2, 0) is 29.0 Å². The average Bonchev–Trinajstić information content (AvgIpc) is 3.36. The fourth-order valence-corrected chi connectivity index (χ4v) is 6.40. The highest BCUT2D eigenvalue weighted by Crippen LogP contribution is 2.39. The van der Waals surface area contributed by atoms with E-state index in [1.807, 2.05) is 6.20 Å². The third-order valence-corrected chi connectivity index (χ3v) is 8.62. The summed E-state index contributed by atoms with van der Waals surface area (Å²) in [6.45, 7) is 2.92. The van der Waals surface area contributed by atoms with Gasteiger partial charge in [-0.2, -0.15) is 13.2 Å². The van der Waals surface area contributed by atoms with Crippen molar-refractivity contribution in [2.24, 2.45) is 5.92 Å². The van der Waals surface area contributed by atoms with Crippen molar-refractivity contribution in [2.45, 2.75) is 116 Å². The molecule has 1 aromatic carbocycles. The standard InChI is InChI=1S/C33H47F3N4O4.ClH/c1-2-3-4-5-6-7-8-9-10-12-29-28-21-27(44-18-15-26-22-39-17-11-16-37-32(39)38-26)14-13-24(28)19-25(20-30(41)42)31(43)40(29)23-33(34,35)36;/h13-14,21-22,25,29H,2-12,15-20,23H2,1H3,(H,37,38)(H,41,42);1H/t25-,29?;/m0./s1. The molecule has 0 aliphatic carbocycles. The number of imidazole rings is 1. The molecule has 0 radical (unpaired) electrons. The minimum atomic E-state index is -4.61. The predicted octanol–water partition coefficient (Wildman–Crippen LogP) is 7.74. The molecule has 1 amide bonds. The minimum absolute atomic E-state index is 0. The highest BCUT2D eigenvalue weighted by Gasteiger charge is 2.42. The Morgan fingerprint density at radius 2 is 1.82 bits per heavy atom. The Morgan fingerprint density at radius 3 is 2.49 bits per heavy atom. The molecule has 2 aliphatic rings. The number of hydrogen-bond donors (Lipinski definition) is 2. The Balaban J connectivity index is 0.00000552. The van der Waals surface area contributed by atoms with Gasteiger partial charge in [-0.1, -0.05) is 70.8 Å². The number of amides is 1. The van der Waals surface area contributed by atoms with E-state index in [1.54, 1.807) is 18.2 Å². The largest absolute Gasteiger partial charge is 0.493 e. The molecule has 0 fully saturated rings. The van der Waals surface area contributed by atoms with E-state index in [1.165, 1.54) is 25.7 Å². The number of hydrogen-bond acceptors (Lipinski definition) is 5. The molecule has 12 heteroatoms. The number of fused-ring (bicyclic) bond motifs is 2. The number of benzene rings is 1. The zero-order valence-corrected chi connectivity index (χ0v) is 27.1. The molecule has 8 nitrogen and oxygen atoms in total. The van der Waals surface area contributed by atoms with Gasteiger partial charge in [-0.05, 0) is 42.5 Å². The van der Waals surface area contributed by atoms with Crippen LogP contribution in [0.3, 0.4) is 0 Å². The summed E-state index contributed by atoms with van der Waals surface area (Å²) < 4.78 is 49.7. The Labute approximate surface area is 270 Å². The lowest BCUT2D eigenvalue weighted by molar-refractivity contribution is -0.169. The third kappa shape index (κ3) is 11.1. The maximum atomic E-state index is 13.8. The van der Waals surface area contributed by atoms with Crippen LogP contribution in [0.25, 0.3) is 0 Å². The molecule has 0 saturated carbocycles. The first kappa shape index (κ1) is 36.5. The summed E-state index contributed by atoms with van der Waals surface area (Å²) in [5.74, 6) is -1.65. The van der Waals surface area contributed by atoms with Crippen molar-refractivity contribution in [2.75, 3.05) is 25.0 Å². The lowest BCUT2D eigenvalue weighted by Gasteiger charge is -2.33. The Morgan fingerprint density at radius 1 is 1.11 bits per heavy atom. The number of rotatable bonds is 17. The van der Waals surface area contributed by atoms with Crippen molar-refractivity contribution in [3.05, 3.63) is 41.2 Å².